The van der Waals surface area contributed by atoms with Crippen LogP contribution in [0.1, 0.15) is 0 Å². The van der Waals surface area contributed by atoms with Crippen molar-refractivity contribution in [3.8, 4) is 11.5 Å². The Labute approximate surface area is 103 Å². The van der Waals surface area contributed by atoms with Gasteiger partial charge in [0.25, 0.3) is 9.03 Å². The van der Waals surface area contributed by atoms with Crippen LogP contribution in [0.3, 0.4) is 0 Å². The maximum absolute atomic E-state index is 5.42. The highest BCUT2D eigenvalue weighted by Gasteiger charge is 1.93. The molecule has 0 fully saturated rings. The van der Waals surface area contributed by atoms with Gasteiger partial charge in [0.2, 0.25) is 0 Å². The zero-order chi connectivity index (χ0) is 10.3. The Balaban J connectivity index is 0.00000128. The molecule has 0 heterocycles. The molecular formula is C12H11ClO2P-. The van der Waals surface area contributed by atoms with Crippen molar-refractivity contribution in [2.75, 3.05) is 0 Å². The van der Waals surface area contributed by atoms with Crippen molar-refractivity contribution in [1.29, 1.82) is 0 Å². The molecule has 0 aliphatic carbocycles. The Morgan fingerprint density at radius 2 is 1.00 bits per heavy atom. The molecule has 0 aliphatic rings. The van der Waals surface area contributed by atoms with Crippen LogP contribution >= 0.6 is 9.03 Å². The molecule has 0 amide bonds. The molecule has 0 spiro atoms. The molecule has 84 valence electrons. The van der Waals surface area contributed by atoms with Gasteiger partial charge in [-0.3, -0.25) is 0 Å². The summed E-state index contributed by atoms with van der Waals surface area (Å²) in [6.07, 6.45) is 0. The molecule has 0 saturated heterocycles. The maximum atomic E-state index is 5.42. The summed E-state index contributed by atoms with van der Waals surface area (Å²) in [6.45, 7) is 0. The maximum Gasteiger partial charge on any atom is 0.275 e. The zero-order valence-corrected chi connectivity index (χ0v) is 10.2. The van der Waals surface area contributed by atoms with Gasteiger partial charge in [-0.05, 0) is 24.3 Å². The van der Waals surface area contributed by atoms with Crippen LogP contribution in [0.25, 0.3) is 0 Å². The Hall–Kier alpha value is -1.24. The molecule has 0 unspecified atom stereocenters. The summed E-state index contributed by atoms with van der Waals surface area (Å²) in [6, 6.07) is 19.3. The largest absolute Gasteiger partial charge is 1.00 e. The van der Waals surface area contributed by atoms with Crippen molar-refractivity contribution in [1.82, 2.24) is 0 Å². The lowest BCUT2D eigenvalue weighted by Crippen LogP contribution is -3.00. The molecule has 2 aromatic rings. The van der Waals surface area contributed by atoms with E-state index in [-0.39, 0.29) is 21.4 Å². The highest BCUT2D eigenvalue weighted by molar-refractivity contribution is 7.27. The summed E-state index contributed by atoms with van der Waals surface area (Å²) in [5.41, 5.74) is 0. The second kappa shape index (κ2) is 7.10. The monoisotopic (exact) mass is 253 g/mol. The summed E-state index contributed by atoms with van der Waals surface area (Å²) in [5.74, 6) is 1.65. The summed E-state index contributed by atoms with van der Waals surface area (Å²) < 4.78 is 10.8. The van der Waals surface area contributed by atoms with E-state index in [0.29, 0.717) is 0 Å². The van der Waals surface area contributed by atoms with Gasteiger partial charge < -0.3 is 21.5 Å². The summed E-state index contributed by atoms with van der Waals surface area (Å²) >= 11 is 0. The van der Waals surface area contributed by atoms with E-state index in [2.05, 4.69) is 0 Å². The van der Waals surface area contributed by atoms with Crippen molar-refractivity contribution < 1.29 is 21.5 Å². The predicted octanol–water partition coefficient (Wildman–Crippen LogP) is 0.657. The topological polar surface area (TPSA) is 18.5 Å². The van der Waals surface area contributed by atoms with Crippen LogP contribution in [0.2, 0.25) is 0 Å². The average molecular weight is 254 g/mol. The third-order valence-electron chi connectivity index (χ3n) is 1.81. The van der Waals surface area contributed by atoms with Crippen LogP contribution in [0.15, 0.2) is 60.7 Å². The third kappa shape index (κ3) is 4.09. The van der Waals surface area contributed by atoms with Crippen molar-refractivity contribution in [3.63, 3.8) is 0 Å². The molecule has 16 heavy (non-hydrogen) atoms. The van der Waals surface area contributed by atoms with Gasteiger partial charge in [0, 0.05) is 0 Å². The van der Waals surface area contributed by atoms with Crippen molar-refractivity contribution in [2.45, 2.75) is 0 Å². The lowest BCUT2D eigenvalue weighted by atomic mass is 10.3. The minimum absolute atomic E-state index is 0. The van der Waals surface area contributed by atoms with Crippen molar-refractivity contribution in [2.24, 2.45) is 0 Å². The Kier molecular flexibility index (Phi) is 5.69. The van der Waals surface area contributed by atoms with E-state index in [4.69, 9.17) is 9.05 Å². The molecule has 2 rings (SSSR count). The lowest BCUT2D eigenvalue weighted by molar-refractivity contribution is -0.00000406. The van der Waals surface area contributed by atoms with Gasteiger partial charge in [0.15, 0.2) is 0 Å². The van der Waals surface area contributed by atoms with Crippen LogP contribution < -0.4 is 21.5 Å². The summed E-state index contributed by atoms with van der Waals surface area (Å²) in [4.78, 5) is 0. The van der Waals surface area contributed by atoms with E-state index in [9.17, 15) is 0 Å². The Morgan fingerprint density at radius 1 is 0.625 bits per heavy atom. The quantitative estimate of drug-likeness (QED) is 0.746. The van der Waals surface area contributed by atoms with Crippen molar-refractivity contribution >= 4 is 9.03 Å². The number of halogens is 1. The van der Waals surface area contributed by atoms with Gasteiger partial charge >= 0.3 is 0 Å². The Bertz CT molecular complexity index is 355. The molecule has 0 radical (unpaired) electrons. The van der Waals surface area contributed by atoms with Gasteiger partial charge in [-0.25, -0.2) is 0 Å². The van der Waals surface area contributed by atoms with Crippen LogP contribution in [0.4, 0.5) is 0 Å². The molecule has 4 heteroatoms. The average Bonchev–Trinajstić information content (AvgIpc) is 2.32. The minimum Gasteiger partial charge on any atom is -1.00 e. The van der Waals surface area contributed by atoms with Gasteiger partial charge in [0.1, 0.15) is 11.5 Å². The number of rotatable bonds is 4. The number of para-hydroxylation sites is 2. The molecule has 2 aromatic carbocycles. The van der Waals surface area contributed by atoms with Crippen LogP contribution in [0, 0.1) is 0 Å². The summed E-state index contributed by atoms with van der Waals surface area (Å²) in [5, 5.41) is 0. The molecule has 2 nitrogen and oxygen atoms in total. The van der Waals surface area contributed by atoms with E-state index < -0.39 is 0 Å². The fourth-order valence-corrected chi connectivity index (χ4v) is 1.60. The number of hydrogen-bond acceptors (Lipinski definition) is 2. The number of benzene rings is 2. The molecule has 0 aliphatic heterocycles. The molecule has 0 aromatic heterocycles. The van der Waals surface area contributed by atoms with E-state index in [1.807, 2.05) is 60.7 Å². The first-order chi connectivity index (χ1) is 7.45. The van der Waals surface area contributed by atoms with E-state index in [0.717, 1.165) is 11.5 Å². The number of hydrogen-bond donors (Lipinski definition) is 0. The van der Waals surface area contributed by atoms with Crippen LogP contribution in [0.5, 0.6) is 11.5 Å². The highest BCUT2D eigenvalue weighted by Crippen LogP contribution is 2.23. The first-order valence-electron chi connectivity index (χ1n) is 4.64. The van der Waals surface area contributed by atoms with Gasteiger partial charge in [-0.1, -0.05) is 36.4 Å². The normalized spacial score (nSPS) is 9.00. The summed E-state index contributed by atoms with van der Waals surface area (Å²) in [7, 11) is -0.0129. The van der Waals surface area contributed by atoms with Gasteiger partial charge in [-0.15, -0.1) is 0 Å². The van der Waals surface area contributed by atoms with Gasteiger partial charge in [-0.2, -0.15) is 0 Å². The molecule has 0 saturated carbocycles. The first-order valence-corrected chi connectivity index (χ1v) is 5.45. The van der Waals surface area contributed by atoms with Crippen LogP contribution in [-0.2, 0) is 0 Å². The fraction of sp³-hybridized carbons (Fsp3) is 0. The lowest BCUT2D eigenvalue weighted by Gasteiger charge is -2.06. The van der Waals surface area contributed by atoms with Crippen LogP contribution in [-0.4, -0.2) is 0 Å². The standard InChI is InChI=1S/C12H11O2P.ClH/c1-3-7-11(8-4-1)13-15-14-12-9-5-2-6-10-12;/h1-10,15H;1H/p-1. The Morgan fingerprint density at radius 3 is 1.38 bits per heavy atom. The van der Waals surface area contributed by atoms with E-state index >= 15 is 0 Å². The minimum atomic E-state index is -0.0129. The van der Waals surface area contributed by atoms with Crippen molar-refractivity contribution in [3.05, 3.63) is 60.7 Å². The van der Waals surface area contributed by atoms with E-state index in [1.165, 1.54) is 0 Å². The molecular weight excluding hydrogens is 243 g/mol. The first kappa shape index (κ1) is 12.8. The second-order valence-electron chi connectivity index (χ2n) is 2.91. The smallest absolute Gasteiger partial charge is 0.275 e. The second-order valence-corrected chi connectivity index (χ2v) is 3.49. The predicted molar refractivity (Wildman–Crippen MR) is 62.5 cm³/mol. The molecule has 0 atom stereocenters. The SMILES string of the molecule is [Cl-].c1ccc(OPOc2ccccc2)cc1. The molecule has 0 bridgehead atoms. The molecule has 0 N–H and O–H groups in total. The zero-order valence-electron chi connectivity index (χ0n) is 8.47. The van der Waals surface area contributed by atoms with E-state index in [1.54, 1.807) is 0 Å². The van der Waals surface area contributed by atoms with Gasteiger partial charge in [0.05, 0.1) is 0 Å². The fourth-order valence-electron chi connectivity index (χ4n) is 1.09. The highest BCUT2D eigenvalue weighted by atomic mass is 35.5. The third-order valence-corrected chi connectivity index (χ3v) is 2.44.